The predicted octanol–water partition coefficient (Wildman–Crippen LogP) is 3.98. The van der Waals surface area contributed by atoms with E-state index < -0.39 is 18.2 Å². The lowest BCUT2D eigenvalue weighted by Gasteiger charge is -2.26. The summed E-state index contributed by atoms with van der Waals surface area (Å²) in [5.74, 6) is 0.358. The molecule has 6 rings (SSSR count). The van der Waals surface area contributed by atoms with Crippen LogP contribution >= 0.6 is 15.9 Å². The second-order valence-corrected chi connectivity index (χ2v) is 12.6. The number of phenols is 1. The van der Waals surface area contributed by atoms with Gasteiger partial charge in [-0.05, 0) is 71.4 Å². The smallest absolute Gasteiger partial charge is 0.261 e. The molecule has 46 heavy (non-hydrogen) atoms. The number of nitrogens with one attached hydrogen (secondary N) is 4. The standard InChI is InChI=1S/C34H37BrN6O5/c1-45-30-13-22(4-7-29(30)42)23-12-26(32(36)37-14-23)21-2-5-25(6-3-21)40-34(44)28-19-41(17-20-8-10-46-11-9-20)18-27(31(28)43)33-38-15-24(35)16-39-33/h2-7,12-15,18-20,32-33,37-39,42H,8-11,16-17,36H2,1H3,(H,40,44). The fraction of sp³-hybridized carbons (Fsp3) is 0.294. The highest BCUT2D eigenvalue weighted by molar-refractivity contribution is 9.11. The number of halogens is 1. The number of carbonyl (C=O) groups is 1. The number of benzene rings is 2. The van der Waals surface area contributed by atoms with Crippen molar-refractivity contribution < 1.29 is 19.4 Å². The monoisotopic (exact) mass is 688 g/mol. The predicted molar refractivity (Wildman–Crippen MR) is 181 cm³/mol. The molecule has 0 spiro atoms. The number of nitrogens with two attached hydrogens (primary N) is 1. The Labute approximate surface area is 275 Å². The van der Waals surface area contributed by atoms with Crippen LogP contribution in [0.3, 0.4) is 0 Å². The molecule has 240 valence electrons. The van der Waals surface area contributed by atoms with Crippen molar-refractivity contribution in [3.63, 3.8) is 0 Å². The minimum atomic E-state index is -0.477. The van der Waals surface area contributed by atoms with E-state index in [1.165, 1.54) is 7.11 Å². The molecule has 0 saturated carbocycles. The fourth-order valence-electron chi connectivity index (χ4n) is 5.84. The van der Waals surface area contributed by atoms with E-state index in [9.17, 15) is 14.7 Å². The van der Waals surface area contributed by atoms with Crippen molar-refractivity contribution in [2.24, 2.45) is 11.7 Å². The van der Waals surface area contributed by atoms with Gasteiger partial charge >= 0.3 is 0 Å². The van der Waals surface area contributed by atoms with Gasteiger partial charge in [-0.15, -0.1) is 0 Å². The van der Waals surface area contributed by atoms with Crippen LogP contribution in [0.25, 0.3) is 11.1 Å². The topological polar surface area (TPSA) is 152 Å². The second-order valence-electron chi connectivity index (χ2n) is 11.5. The van der Waals surface area contributed by atoms with Crippen LogP contribution in [0, 0.1) is 5.92 Å². The number of methoxy groups -OCH3 is 1. The van der Waals surface area contributed by atoms with Crippen LogP contribution in [-0.2, 0) is 11.3 Å². The average Bonchev–Trinajstić information content (AvgIpc) is 3.07. The molecule has 3 aliphatic rings. The summed E-state index contributed by atoms with van der Waals surface area (Å²) in [6.07, 6.45) is 10.1. The largest absolute Gasteiger partial charge is 0.504 e. The number of phenolic OH excluding ortho intramolecular Hbond substituents is 1. The zero-order valence-corrected chi connectivity index (χ0v) is 27.0. The first-order valence-electron chi connectivity index (χ1n) is 15.2. The van der Waals surface area contributed by atoms with Crippen LogP contribution in [0.2, 0.25) is 0 Å². The van der Waals surface area contributed by atoms with Crippen LogP contribution in [0.4, 0.5) is 5.69 Å². The number of aromatic nitrogens is 1. The number of anilines is 1. The first kappa shape index (κ1) is 31.6. The van der Waals surface area contributed by atoms with Crippen LogP contribution in [0.5, 0.6) is 11.5 Å². The summed E-state index contributed by atoms with van der Waals surface area (Å²) in [6.45, 7) is 2.68. The molecule has 1 fully saturated rings. The number of hydrogen-bond donors (Lipinski definition) is 6. The molecular formula is C34H37BrN6O5. The van der Waals surface area contributed by atoms with E-state index in [1.54, 1.807) is 36.5 Å². The normalized spacial score (nSPS) is 20.0. The van der Waals surface area contributed by atoms with Gasteiger partial charge in [0.05, 0.1) is 12.7 Å². The van der Waals surface area contributed by atoms with Crippen molar-refractivity contribution in [3.05, 3.63) is 110 Å². The lowest BCUT2D eigenvalue weighted by molar-refractivity contribution is 0.0611. The Morgan fingerprint density at radius 3 is 2.59 bits per heavy atom. The third kappa shape index (κ3) is 7.05. The molecule has 0 aliphatic carbocycles. The summed E-state index contributed by atoms with van der Waals surface area (Å²) in [5, 5.41) is 22.6. The van der Waals surface area contributed by atoms with E-state index >= 15 is 0 Å². The van der Waals surface area contributed by atoms with Crippen LogP contribution in [0.15, 0.2) is 82.6 Å². The van der Waals surface area contributed by atoms with Crippen LogP contribution in [0.1, 0.15) is 46.1 Å². The van der Waals surface area contributed by atoms with Gasteiger partial charge in [-0.2, -0.15) is 0 Å². The maximum absolute atomic E-state index is 13.7. The molecule has 12 heteroatoms. The van der Waals surface area contributed by atoms with Crippen molar-refractivity contribution in [1.29, 1.82) is 0 Å². The van der Waals surface area contributed by atoms with Crippen molar-refractivity contribution in [3.8, 4) is 11.5 Å². The first-order chi connectivity index (χ1) is 22.3. The van der Waals surface area contributed by atoms with Gasteiger partial charge in [-0.25, -0.2) is 0 Å². The lowest BCUT2D eigenvalue weighted by Crippen LogP contribution is -2.40. The maximum Gasteiger partial charge on any atom is 0.261 e. The highest BCUT2D eigenvalue weighted by Gasteiger charge is 2.24. The lowest BCUT2D eigenvalue weighted by atomic mass is 9.95. The maximum atomic E-state index is 13.7. The van der Waals surface area contributed by atoms with E-state index in [-0.39, 0.29) is 16.7 Å². The molecule has 1 aromatic heterocycles. The molecule has 2 unspecified atom stereocenters. The van der Waals surface area contributed by atoms with Crippen molar-refractivity contribution in [2.45, 2.75) is 31.7 Å². The Kier molecular flexibility index (Phi) is 9.59. The van der Waals surface area contributed by atoms with E-state index in [0.29, 0.717) is 49.2 Å². The Morgan fingerprint density at radius 1 is 1.11 bits per heavy atom. The molecule has 4 heterocycles. The number of rotatable bonds is 8. The van der Waals surface area contributed by atoms with E-state index in [1.807, 2.05) is 41.4 Å². The summed E-state index contributed by atoms with van der Waals surface area (Å²) < 4.78 is 13.7. The third-order valence-corrected chi connectivity index (χ3v) is 8.92. The van der Waals surface area contributed by atoms with Gasteiger partial charge < -0.3 is 40.8 Å². The molecule has 1 amide bonds. The van der Waals surface area contributed by atoms with Gasteiger partial charge in [0.25, 0.3) is 5.91 Å². The molecule has 7 N–H and O–H groups in total. The van der Waals surface area contributed by atoms with Gasteiger partial charge in [0.2, 0.25) is 5.43 Å². The number of allylic oxidation sites excluding steroid dienone is 2. The summed E-state index contributed by atoms with van der Waals surface area (Å²) in [4.78, 5) is 27.3. The molecule has 0 radical (unpaired) electrons. The Bertz CT molecular complexity index is 1760. The molecule has 3 aliphatic heterocycles. The van der Waals surface area contributed by atoms with Crippen molar-refractivity contribution in [1.82, 2.24) is 20.5 Å². The molecule has 2 atom stereocenters. The molecular weight excluding hydrogens is 652 g/mol. The molecule has 3 aromatic rings. The molecule has 2 aromatic carbocycles. The quantitative estimate of drug-likeness (QED) is 0.206. The number of dihydropyridines is 1. The van der Waals surface area contributed by atoms with Gasteiger partial charge in [0, 0.05) is 61.3 Å². The highest BCUT2D eigenvalue weighted by Crippen LogP contribution is 2.33. The van der Waals surface area contributed by atoms with Crippen molar-refractivity contribution in [2.75, 3.05) is 32.2 Å². The number of hydrogen-bond acceptors (Lipinski definition) is 9. The van der Waals surface area contributed by atoms with Gasteiger partial charge in [0.1, 0.15) is 17.9 Å². The summed E-state index contributed by atoms with van der Waals surface area (Å²) >= 11 is 3.46. The van der Waals surface area contributed by atoms with Crippen LogP contribution < -0.4 is 37.2 Å². The number of pyridine rings is 1. The number of nitrogens with zero attached hydrogens (tertiary/aromatic N) is 1. The SMILES string of the molecule is COc1cc(C2=CNC(N)C(c3ccc(NC(=O)c4cn(CC5CCOCC5)cc(C5NC=C(Br)CN5)c4=O)cc3)=C2)ccc1O. The Hall–Kier alpha value is -4.36. The fourth-order valence-corrected chi connectivity index (χ4v) is 6.13. The zero-order chi connectivity index (χ0) is 32.2. The van der Waals surface area contributed by atoms with E-state index in [4.69, 9.17) is 15.2 Å². The Morgan fingerprint density at radius 2 is 1.87 bits per heavy atom. The molecule has 1 saturated heterocycles. The van der Waals surface area contributed by atoms with Gasteiger partial charge in [-0.1, -0.05) is 34.1 Å². The average molecular weight is 690 g/mol. The number of ether oxygens (including phenoxy) is 2. The molecule has 11 nitrogen and oxygen atoms in total. The van der Waals surface area contributed by atoms with Crippen LogP contribution in [-0.4, -0.2) is 48.6 Å². The highest BCUT2D eigenvalue weighted by atomic mass is 79.9. The number of amides is 1. The minimum Gasteiger partial charge on any atom is -0.504 e. The molecule has 0 bridgehead atoms. The first-order valence-corrected chi connectivity index (χ1v) is 16.0. The zero-order valence-electron chi connectivity index (χ0n) is 25.4. The summed E-state index contributed by atoms with van der Waals surface area (Å²) in [6, 6.07) is 12.5. The second kappa shape index (κ2) is 14.0. The van der Waals surface area contributed by atoms with E-state index in [0.717, 1.165) is 39.6 Å². The minimum absolute atomic E-state index is 0.0619. The summed E-state index contributed by atoms with van der Waals surface area (Å²) in [7, 11) is 1.51. The number of aromatic hydroxyl groups is 1. The van der Waals surface area contributed by atoms with Gasteiger partial charge in [-0.3, -0.25) is 14.9 Å². The Balaban J connectivity index is 1.23. The number of carbonyl (C=O) groups excluding carboxylic acids is 1. The van der Waals surface area contributed by atoms with Crippen molar-refractivity contribution >= 4 is 38.7 Å². The van der Waals surface area contributed by atoms with E-state index in [2.05, 4.69) is 37.2 Å². The van der Waals surface area contributed by atoms with Gasteiger partial charge in [0.15, 0.2) is 11.5 Å². The third-order valence-electron chi connectivity index (χ3n) is 8.41. The summed E-state index contributed by atoms with van der Waals surface area (Å²) in [5.41, 5.74) is 10.6.